The van der Waals surface area contributed by atoms with E-state index in [9.17, 15) is 14.6 Å². The van der Waals surface area contributed by atoms with Crippen LogP contribution < -0.4 is 5.32 Å². The Bertz CT molecular complexity index is 978. The molecule has 2 atom stereocenters. The summed E-state index contributed by atoms with van der Waals surface area (Å²) in [6.45, 7) is 0. The molecule has 6 nitrogen and oxygen atoms in total. The van der Waals surface area contributed by atoms with Crippen molar-refractivity contribution in [2.24, 2.45) is 0 Å². The Morgan fingerprint density at radius 2 is 1.96 bits per heavy atom. The Morgan fingerprint density at radius 1 is 1.15 bits per heavy atom. The van der Waals surface area contributed by atoms with Gasteiger partial charge in [-0.15, -0.1) is 10.2 Å². The monoisotopic (exact) mass is 388 g/mol. The molecule has 2 aromatic heterocycles. The van der Waals surface area contributed by atoms with Gasteiger partial charge in [-0.1, -0.05) is 24.4 Å². The molecule has 1 fully saturated rings. The van der Waals surface area contributed by atoms with Crippen LogP contribution in [0.3, 0.4) is 0 Å². The maximum atomic E-state index is 14.5. The minimum atomic E-state index is -0.684. The molecule has 0 aliphatic heterocycles. The highest BCUT2D eigenvalue weighted by Gasteiger charge is 2.25. The molecule has 27 heavy (non-hydrogen) atoms. The zero-order chi connectivity index (χ0) is 19.0. The number of aromatic nitrogens is 3. The molecule has 1 aromatic carbocycles. The standard InChI is InChI=1S/C19H18ClFN4O2/c20-10-7-13(21)17(16(27)8-10)18-11-5-6-22-9-12(11)19(25-24-18)23-14-3-1-2-4-15(14)26/h5-9,14-15,26-27H,1-4H2,(H,23,25). The molecular formula is C19H18ClFN4O2. The van der Waals surface area contributed by atoms with Crippen LogP contribution in [0, 0.1) is 5.82 Å². The topological polar surface area (TPSA) is 91.2 Å². The van der Waals surface area contributed by atoms with Gasteiger partial charge in [0, 0.05) is 28.2 Å². The average molecular weight is 389 g/mol. The lowest BCUT2D eigenvalue weighted by atomic mass is 9.92. The Hall–Kier alpha value is -2.51. The van der Waals surface area contributed by atoms with Crippen LogP contribution in [-0.4, -0.2) is 37.5 Å². The summed E-state index contributed by atoms with van der Waals surface area (Å²) in [5.74, 6) is -0.520. The number of halogens is 2. The number of aliphatic hydroxyl groups is 1. The molecular weight excluding hydrogens is 371 g/mol. The van der Waals surface area contributed by atoms with Crippen LogP contribution >= 0.6 is 11.6 Å². The third-order valence-corrected chi connectivity index (χ3v) is 5.12. The number of phenols is 1. The van der Waals surface area contributed by atoms with E-state index in [4.69, 9.17) is 11.6 Å². The number of phenolic OH excluding ortho intramolecular Hbond substituents is 1. The summed E-state index contributed by atoms with van der Waals surface area (Å²) in [6, 6.07) is 3.95. The van der Waals surface area contributed by atoms with E-state index in [-0.39, 0.29) is 28.1 Å². The summed E-state index contributed by atoms with van der Waals surface area (Å²) in [4.78, 5) is 4.13. The van der Waals surface area contributed by atoms with Gasteiger partial charge in [0.15, 0.2) is 5.82 Å². The van der Waals surface area contributed by atoms with Crippen molar-refractivity contribution in [2.45, 2.75) is 37.8 Å². The van der Waals surface area contributed by atoms with Crippen LogP contribution in [0.15, 0.2) is 30.6 Å². The number of fused-ring (bicyclic) bond motifs is 1. The molecule has 0 radical (unpaired) electrons. The Morgan fingerprint density at radius 3 is 2.74 bits per heavy atom. The van der Waals surface area contributed by atoms with Crippen LogP contribution in [0.2, 0.25) is 5.02 Å². The molecule has 1 saturated carbocycles. The second-order valence-corrected chi connectivity index (χ2v) is 7.14. The maximum absolute atomic E-state index is 14.5. The SMILES string of the molecule is Oc1cc(Cl)cc(F)c1-c1nnc(NC2CCCCC2O)c2cnccc12. The zero-order valence-corrected chi connectivity index (χ0v) is 15.1. The molecule has 0 amide bonds. The Labute approximate surface area is 160 Å². The van der Waals surface area contributed by atoms with Crippen LogP contribution in [-0.2, 0) is 0 Å². The molecule has 140 valence electrons. The highest BCUT2D eigenvalue weighted by atomic mass is 35.5. The fraction of sp³-hybridized carbons (Fsp3) is 0.316. The minimum absolute atomic E-state index is 0.0626. The molecule has 1 aliphatic carbocycles. The molecule has 1 aliphatic rings. The Balaban J connectivity index is 1.82. The third-order valence-electron chi connectivity index (χ3n) is 4.90. The highest BCUT2D eigenvalue weighted by Crippen LogP contribution is 2.38. The molecule has 2 heterocycles. The van der Waals surface area contributed by atoms with E-state index >= 15 is 0 Å². The highest BCUT2D eigenvalue weighted by molar-refractivity contribution is 6.30. The van der Waals surface area contributed by atoms with Gasteiger partial charge in [-0.3, -0.25) is 4.98 Å². The molecule has 8 heteroatoms. The number of aliphatic hydroxyl groups excluding tert-OH is 1. The van der Waals surface area contributed by atoms with Gasteiger partial charge in [-0.2, -0.15) is 0 Å². The number of hydrogen-bond donors (Lipinski definition) is 3. The summed E-state index contributed by atoms with van der Waals surface area (Å²) >= 11 is 5.80. The fourth-order valence-electron chi connectivity index (χ4n) is 3.54. The van der Waals surface area contributed by atoms with Crippen molar-refractivity contribution >= 4 is 28.2 Å². The number of aromatic hydroxyl groups is 1. The smallest absolute Gasteiger partial charge is 0.158 e. The van der Waals surface area contributed by atoms with Crippen molar-refractivity contribution in [3.63, 3.8) is 0 Å². The first kappa shape index (κ1) is 17.9. The predicted molar refractivity (Wildman–Crippen MR) is 101 cm³/mol. The van der Waals surface area contributed by atoms with Gasteiger partial charge in [0.25, 0.3) is 0 Å². The number of benzene rings is 1. The summed E-state index contributed by atoms with van der Waals surface area (Å²) in [6.07, 6.45) is 6.32. The predicted octanol–water partition coefficient (Wildman–Crippen LogP) is 3.91. The van der Waals surface area contributed by atoms with Gasteiger partial charge in [-0.05, 0) is 31.0 Å². The molecule has 3 aromatic rings. The van der Waals surface area contributed by atoms with Crippen LogP contribution in [0.1, 0.15) is 25.7 Å². The van der Waals surface area contributed by atoms with Gasteiger partial charge >= 0.3 is 0 Å². The molecule has 4 rings (SSSR count). The molecule has 2 unspecified atom stereocenters. The van der Waals surface area contributed by atoms with Gasteiger partial charge in [0.1, 0.15) is 17.3 Å². The molecule has 3 N–H and O–H groups in total. The summed E-state index contributed by atoms with van der Waals surface area (Å²) in [7, 11) is 0. The lowest BCUT2D eigenvalue weighted by molar-refractivity contribution is 0.116. The molecule has 0 bridgehead atoms. The number of nitrogens with zero attached hydrogens (tertiary/aromatic N) is 3. The first-order valence-electron chi connectivity index (χ1n) is 8.78. The fourth-order valence-corrected chi connectivity index (χ4v) is 3.74. The van der Waals surface area contributed by atoms with Gasteiger partial charge in [0.2, 0.25) is 0 Å². The lowest BCUT2D eigenvalue weighted by Gasteiger charge is -2.29. The summed E-state index contributed by atoms with van der Waals surface area (Å²) in [5.41, 5.74) is 0.140. The maximum Gasteiger partial charge on any atom is 0.158 e. The second-order valence-electron chi connectivity index (χ2n) is 6.70. The quantitative estimate of drug-likeness (QED) is 0.630. The van der Waals surface area contributed by atoms with Gasteiger partial charge in [0.05, 0.1) is 17.7 Å². The van der Waals surface area contributed by atoms with E-state index in [0.717, 1.165) is 31.7 Å². The van der Waals surface area contributed by atoms with Crippen molar-refractivity contribution in [2.75, 3.05) is 5.32 Å². The number of hydrogen-bond acceptors (Lipinski definition) is 6. The van der Waals surface area contributed by atoms with Crippen molar-refractivity contribution < 1.29 is 14.6 Å². The molecule has 0 spiro atoms. The normalized spacial score (nSPS) is 20.0. The first-order valence-corrected chi connectivity index (χ1v) is 9.16. The van der Waals surface area contributed by atoms with Crippen molar-refractivity contribution in [1.82, 2.24) is 15.2 Å². The number of pyridine rings is 1. The van der Waals surface area contributed by atoms with Gasteiger partial charge < -0.3 is 15.5 Å². The second kappa shape index (κ2) is 7.25. The van der Waals surface area contributed by atoms with E-state index in [0.29, 0.717) is 16.6 Å². The minimum Gasteiger partial charge on any atom is -0.507 e. The van der Waals surface area contributed by atoms with E-state index in [1.807, 2.05) is 0 Å². The first-order chi connectivity index (χ1) is 13.0. The Kier molecular flexibility index (Phi) is 4.80. The van der Waals surface area contributed by atoms with Crippen LogP contribution in [0.25, 0.3) is 22.0 Å². The number of anilines is 1. The van der Waals surface area contributed by atoms with Crippen molar-refractivity contribution in [3.05, 3.63) is 41.4 Å². The van der Waals surface area contributed by atoms with Crippen LogP contribution in [0.4, 0.5) is 10.2 Å². The van der Waals surface area contributed by atoms with Crippen molar-refractivity contribution in [3.8, 4) is 17.0 Å². The van der Waals surface area contributed by atoms with Gasteiger partial charge in [-0.25, -0.2) is 4.39 Å². The number of nitrogens with one attached hydrogen (secondary N) is 1. The number of rotatable bonds is 3. The van der Waals surface area contributed by atoms with E-state index in [1.54, 1.807) is 18.5 Å². The van der Waals surface area contributed by atoms with Crippen LogP contribution in [0.5, 0.6) is 5.75 Å². The van der Waals surface area contributed by atoms with E-state index in [1.165, 1.54) is 6.07 Å². The van der Waals surface area contributed by atoms with Crippen molar-refractivity contribution in [1.29, 1.82) is 0 Å². The zero-order valence-electron chi connectivity index (χ0n) is 14.4. The lowest BCUT2D eigenvalue weighted by Crippen LogP contribution is -2.36. The largest absolute Gasteiger partial charge is 0.507 e. The average Bonchev–Trinajstić information content (AvgIpc) is 2.64. The van der Waals surface area contributed by atoms with E-state index in [2.05, 4.69) is 20.5 Å². The summed E-state index contributed by atoms with van der Waals surface area (Å²) < 4.78 is 14.5. The third kappa shape index (κ3) is 3.40. The molecule has 0 saturated heterocycles. The van der Waals surface area contributed by atoms with E-state index < -0.39 is 11.9 Å². The summed E-state index contributed by atoms with van der Waals surface area (Å²) in [5, 5.41) is 33.3.